The molecule has 0 radical (unpaired) electrons. The van der Waals surface area contributed by atoms with Gasteiger partial charge in [0.15, 0.2) is 0 Å². The molecule has 9 heteroatoms. The molecule has 0 spiro atoms. The number of hydrogen-bond donors (Lipinski definition) is 0. The van der Waals surface area contributed by atoms with E-state index in [9.17, 15) is 14.4 Å². The maximum Gasteiger partial charge on any atom is 0.332 e. The third kappa shape index (κ3) is 3.00. The number of pyridine rings is 1. The number of amides is 1. The first-order chi connectivity index (χ1) is 14.8. The second kappa shape index (κ2) is 6.98. The molecule has 5 rings (SSSR count). The van der Waals surface area contributed by atoms with Crippen LogP contribution in [0.5, 0.6) is 0 Å². The molecule has 156 valence electrons. The fourth-order valence-electron chi connectivity index (χ4n) is 4.01. The number of carbonyl (C=O) groups is 1. The van der Waals surface area contributed by atoms with E-state index >= 15 is 0 Å². The molecule has 3 aromatic heterocycles. The number of hydrogen-bond acceptors (Lipinski definition) is 6. The Bertz CT molecular complexity index is 1500. The number of fused-ring (bicyclic) bond motifs is 2. The van der Waals surface area contributed by atoms with Crippen molar-refractivity contribution in [1.82, 2.24) is 19.1 Å². The summed E-state index contributed by atoms with van der Waals surface area (Å²) >= 11 is 1.61. The predicted octanol–water partition coefficient (Wildman–Crippen LogP) is 2.27. The molecule has 4 heterocycles. The Morgan fingerprint density at radius 1 is 1.13 bits per heavy atom. The summed E-state index contributed by atoms with van der Waals surface area (Å²) in [6, 6.07) is 7.53. The standard InChI is InChI=1S/C22H19N5O3S/c1-12-24-17(11-31-12)13-4-5-18-14(8-13)6-7-27(18)20(28)15-9-16-19(23-10-15)25(2)22(30)26(3)21(16)29/h4-5,8-11H,6-7H2,1-3H3. The van der Waals surface area contributed by atoms with Crippen molar-refractivity contribution in [2.45, 2.75) is 13.3 Å². The van der Waals surface area contributed by atoms with Gasteiger partial charge in [-0.05, 0) is 37.1 Å². The molecule has 1 aliphatic heterocycles. The van der Waals surface area contributed by atoms with E-state index in [0.717, 1.165) is 38.5 Å². The molecule has 8 nitrogen and oxygen atoms in total. The molecule has 31 heavy (non-hydrogen) atoms. The number of benzene rings is 1. The summed E-state index contributed by atoms with van der Waals surface area (Å²) in [6.07, 6.45) is 2.17. The molecule has 4 aromatic rings. The van der Waals surface area contributed by atoms with Crippen molar-refractivity contribution in [3.05, 3.63) is 72.8 Å². The van der Waals surface area contributed by atoms with Gasteiger partial charge in [0.25, 0.3) is 11.5 Å². The number of anilines is 1. The lowest BCUT2D eigenvalue weighted by atomic mass is 10.1. The van der Waals surface area contributed by atoms with Crippen molar-refractivity contribution in [3.63, 3.8) is 0 Å². The van der Waals surface area contributed by atoms with Crippen LogP contribution in [0.4, 0.5) is 5.69 Å². The lowest BCUT2D eigenvalue weighted by Gasteiger charge is -2.18. The van der Waals surface area contributed by atoms with Crippen molar-refractivity contribution in [1.29, 1.82) is 0 Å². The molecule has 0 saturated carbocycles. The molecule has 1 aromatic carbocycles. The van der Waals surface area contributed by atoms with Crippen molar-refractivity contribution in [2.24, 2.45) is 14.1 Å². The fraction of sp³-hybridized carbons (Fsp3) is 0.227. The van der Waals surface area contributed by atoms with Gasteiger partial charge in [0.1, 0.15) is 5.65 Å². The third-order valence-corrected chi connectivity index (χ3v) is 6.45. The Morgan fingerprint density at radius 3 is 2.68 bits per heavy atom. The van der Waals surface area contributed by atoms with Crippen LogP contribution in [0, 0.1) is 6.92 Å². The molecule has 0 unspecified atom stereocenters. The van der Waals surface area contributed by atoms with E-state index in [-0.39, 0.29) is 16.9 Å². The first-order valence-corrected chi connectivity index (χ1v) is 10.7. The van der Waals surface area contributed by atoms with E-state index in [4.69, 9.17) is 0 Å². The molecule has 0 fully saturated rings. The lowest BCUT2D eigenvalue weighted by Crippen LogP contribution is -2.37. The van der Waals surface area contributed by atoms with Crippen molar-refractivity contribution < 1.29 is 4.79 Å². The highest BCUT2D eigenvalue weighted by molar-refractivity contribution is 7.09. The van der Waals surface area contributed by atoms with Gasteiger partial charge in [-0.3, -0.25) is 18.7 Å². The zero-order valence-corrected chi connectivity index (χ0v) is 18.1. The van der Waals surface area contributed by atoms with Gasteiger partial charge in [-0.1, -0.05) is 6.07 Å². The molecular weight excluding hydrogens is 414 g/mol. The van der Waals surface area contributed by atoms with E-state index in [1.54, 1.807) is 23.3 Å². The van der Waals surface area contributed by atoms with Gasteiger partial charge in [-0.25, -0.2) is 14.8 Å². The van der Waals surface area contributed by atoms with Crippen LogP contribution < -0.4 is 16.1 Å². The monoisotopic (exact) mass is 433 g/mol. The molecule has 0 N–H and O–H groups in total. The highest BCUT2D eigenvalue weighted by Crippen LogP contribution is 2.33. The van der Waals surface area contributed by atoms with Gasteiger partial charge >= 0.3 is 5.69 Å². The third-order valence-electron chi connectivity index (χ3n) is 5.68. The Labute approximate surface area is 181 Å². The largest absolute Gasteiger partial charge is 0.332 e. The molecular formula is C22H19N5O3S. The summed E-state index contributed by atoms with van der Waals surface area (Å²) in [5.41, 5.74) is 3.57. The SMILES string of the molecule is Cc1nc(-c2ccc3c(c2)CCN3C(=O)c2cnc3c(c2)c(=O)n(C)c(=O)n3C)cs1. The van der Waals surface area contributed by atoms with Crippen LogP contribution in [-0.4, -0.2) is 31.6 Å². The Hall–Kier alpha value is -3.59. The average molecular weight is 433 g/mol. The van der Waals surface area contributed by atoms with E-state index in [2.05, 4.69) is 16.0 Å². The number of aryl methyl sites for hydroxylation is 2. The minimum Gasteiger partial charge on any atom is -0.308 e. The van der Waals surface area contributed by atoms with Crippen LogP contribution in [0.1, 0.15) is 20.9 Å². The number of thiazole rings is 1. The molecule has 0 atom stereocenters. The van der Waals surface area contributed by atoms with Gasteiger partial charge in [-0.15, -0.1) is 11.3 Å². The van der Waals surface area contributed by atoms with Gasteiger partial charge in [0, 0.05) is 43.5 Å². The highest BCUT2D eigenvalue weighted by Gasteiger charge is 2.27. The average Bonchev–Trinajstić information content (AvgIpc) is 3.41. The summed E-state index contributed by atoms with van der Waals surface area (Å²) in [6.45, 7) is 2.53. The van der Waals surface area contributed by atoms with Crippen molar-refractivity contribution >= 4 is 34.0 Å². The molecule has 1 amide bonds. The predicted molar refractivity (Wildman–Crippen MR) is 120 cm³/mol. The Balaban J connectivity index is 1.53. The maximum absolute atomic E-state index is 13.3. The summed E-state index contributed by atoms with van der Waals surface area (Å²) in [7, 11) is 2.97. The quantitative estimate of drug-likeness (QED) is 0.484. The van der Waals surface area contributed by atoms with Gasteiger partial charge in [0.2, 0.25) is 0 Å². The van der Waals surface area contributed by atoms with E-state index < -0.39 is 11.2 Å². The number of aromatic nitrogens is 4. The second-order valence-electron chi connectivity index (χ2n) is 7.60. The van der Waals surface area contributed by atoms with Crippen molar-refractivity contribution in [3.8, 4) is 11.3 Å². The Morgan fingerprint density at radius 2 is 1.94 bits per heavy atom. The minimum absolute atomic E-state index is 0.221. The van der Waals surface area contributed by atoms with Gasteiger partial charge in [-0.2, -0.15) is 0 Å². The smallest absolute Gasteiger partial charge is 0.308 e. The van der Waals surface area contributed by atoms with E-state index in [1.807, 2.05) is 24.4 Å². The summed E-state index contributed by atoms with van der Waals surface area (Å²) < 4.78 is 2.32. The summed E-state index contributed by atoms with van der Waals surface area (Å²) in [5.74, 6) is -0.221. The van der Waals surface area contributed by atoms with Crippen LogP contribution in [-0.2, 0) is 20.5 Å². The topological polar surface area (TPSA) is 90.1 Å². The lowest BCUT2D eigenvalue weighted by molar-refractivity contribution is 0.0989. The fourth-order valence-corrected chi connectivity index (χ4v) is 4.63. The number of rotatable bonds is 2. The van der Waals surface area contributed by atoms with Crippen LogP contribution >= 0.6 is 11.3 Å². The summed E-state index contributed by atoms with van der Waals surface area (Å²) in [5, 5.41) is 3.28. The normalized spacial score (nSPS) is 13.1. The van der Waals surface area contributed by atoms with Gasteiger partial charge in [0.05, 0.1) is 21.7 Å². The number of carbonyl (C=O) groups excluding carboxylic acids is 1. The zero-order chi connectivity index (χ0) is 21.9. The summed E-state index contributed by atoms with van der Waals surface area (Å²) in [4.78, 5) is 48.4. The second-order valence-corrected chi connectivity index (χ2v) is 8.67. The maximum atomic E-state index is 13.3. The first kappa shape index (κ1) is 19.4. The van der Waals surface area contributed by atoms with E-state index in [1.165, 1.54) is 23.9 Å². The van der Waals surface area contributed by atoms with Crippen LogP contribution in [0.2, 0.25) is 0 Å². The Kier molecular flexibility index (Phi) is 4.37. The zero-order valence-electron chi connectivity index (χ0n) is 17.2. The molecule has 0 aliphatic carbocycles. The van der Waals surface area contributed by atoms with Crippen LogP contribution in [0.15, 0.2) is 45.4 Å². The van der Waals surface area contributed by atoms with Gasteiger partial charge < -0.3 is 4.90 Å². The van der Waals surface area contributed by atoms with Crippen LogP contribution in [0.3, 0.4) is 0 Å². The minimum atomic E-state index is -0.467. The van der Waals surface area contributed by atoms with Crippen molar-refractivity contribution in [2.75, 3.05) is 11.4 Å². The molecule has 0 bridgehead atoms. The van der Waals surface area contributed by atoms with Crippen LogP contribution in [0.25, 0.3) is 22.3 Å². The van der Waals surface area contributed by atoms with E-state index in [0.29, 0.717) is 12.1 Å². The molecule has 1 aliphatic rings. The number of nitrogens with zero attached hydrogens (tertiary/aromatic N) is 5. The first-order valence-electron chi connectivity index (χ1n) is 9.78. The molecule has 0 saturated heterocycles. The highest BCUT2D eigenvalue weighted by atomic mass is 32.1.